The predicted octanol–water partition coefficient (Wildman–Crippen LogP) is 3.15. The van der Waals surface area contributed by atoms with Gasteiger partial charge in [-0.25, -0.2) is 0 Å². The molecule has 2 unspecified atom stereocenters. The molecule has 0 heterocycles. The topological polar surface area (TPSA) is 40.2 Å². The van der Waals surface area contributed by atoms with E-state index in [2.05, 4.69) is 67.3 Å². The molecule has 0 N–H and O–H groups in total. The van der Waals surface area contributed by atoms with Gasteiger partial charge in [-0.15, -0.1) is 0 Å². The van der Waals surface area contributed by atoms with Gasteiger partial charge in [-0.1, -0.05) is 13.8 Å². The Morgan fingerprint density at radius 3 is 1.21 bits per heavy atom. The van der Waals surface area contributed by atoms with Crippen LogP contribution in [0.1, 0.15) is 68.2 Å². The Morgan fingerprint density at radius 1 is 0.679 bits per heavy atom. The van der Waals surface area contributed by atoms with Crippen molar-refractivity contribution in [3.63, 3.8) is 0 Å². The van der Waals surface area contributed by atoms with Gasteiger partial charge in [0.2, 0.25) is 0 Å². The van der Waals surface area contributed by atoms with Crippen molar-refractivity contribution in [1.29, 1.82) is 0 Å². The summed E-state index contributed by atoms with van der Waals surface area (Å²) in [5, 5.41) is 0. The molecule has 0 fully saturated rings. The molecule has 0 spiro atoms. The second kappa shape index (κ2) is 15.1. The summed E-state index contributed by atoms with van der Waals surface area (Å²) in [5.74, 6) is 0. The van der Waals surface area contributed by atoms with Crippen LogP contribution in [0.25, 0.3) is 0 Å². The monoisotopic (exact) mass is 435 g/mol. The molecule has 0 aromatic carbocycles. The molecule has 0 saturated heterocycles. The van der Waals surface area contributed by atoms with Gasteiger partial charge in [-0.05, 0) is 85.6 Å². The van der Waals surface area contributed by atoms with Gasteiger partial charge in [-0.2, -0.15) is 0 Å². The van der Waals surface area contributed by atoms with E-state index in [9.17, 15) is 0 Å². The highest BCUT2D eigenvalue weighted by atomic mass is 28.2. The fourth-order valence-corrected chi connectivity index (χ4v) is 8.60. The maximum absolute atomic E-state index is 5.92. The molecule has 7 heteroatoms. The number of hydrogen-bond acceptors (Lipinski definition) is 5. The first kappa shape index (κ1) is 28.2. The Balaban J connectivity index is 4.28. The van der Waals surface area contributed by atoms with E-state index in [4.69, 9.17) is 18.9 Å². The zero-order valence-electron chi connectivity index (χ0n) is 20.3. The van der Waals surface area contributed by atoms with Crippen LogP contribution in [0, 0.1) is 0 Å². The minimum absolute atomic E-state index is 0.315. The highest BCUT2D eigenvalue weighted by molar-refractivity contribution is 6.41. The van der Waals surface area contributed by atoms with Gasteiger partial charge in [0.25, 0.3) is 0 Å². The molecule has 0 aliphatic rings. The normalized spacial score (nSPS) is 16.1. The van der Waals surface area contributed by atoms with Gasteiger partial charge in [0.1, 0.15) is 10.8 Å². The SMILES string of the molecule is CCOC(C)(OCC)[SiH2]C(C)CCN(C)CCC(C)[SiH2]C(C)(OCC)OCC. The van der Waals surface area contributed by atoms with Gasteiger partial charge in [0, 0.05) is 26.4 Å². The molecule has 0 aromatic rings. The Labute approximate surface area is 179 Å². The Hall–Kier alpha value is 0.234. The maximum atomic E-state index is 5.92. The molecule has 0 amide bonds. The van der Waals surface area contributed by atoms with E-state index in [1.165, 1.54) is 12.8 Å². The van der Waals surface area contributed by atoms with Gasteiger partial charge in [0.15, 0.2) is 0 Å². The van der Waals surface area contributed by atoms with Crippen molar-refractivity contribution in [1.82, 2.24) is 4.90 Å². The lowest BCUT2D eigenvalue weighted by atomic mass is 10.2. The Kier molecular flexibility index (Phi) is 15.2. The smallest absolute Gasteiger partial charge is 0.142 e. The van der Waals surface area contributed by atoms with Gasteiger partial charge < -0.3 is 23.8 Å². The van der Waals surface area contributed by atoms with Crippen molar-refractivity contribution in [3.8, 4) is 0 Å². The second-order valence-corrected chi connectivity index (χ2v) is 14.7. The predicted molar refractivity (Wildman–Crippen MR) is 126 cm³/mol. The highest BCUT2D eigenvalue weighted by Crippen LogP contribution is 2.22. The largest absolute Gasteiger partial charge is 0.355 e. The average molecular weight is 436 g/mol. The Morgan fingerprint density at radius 2 is 0.964 bits per heavy atom. The molecule has 0 aliphatic heterocycles. The summed E-state index contributed by atoms with van der Waals surface area (Å²) in [6.45, 7) is 22.4. The molecule has 170 valence electrons. The third-order valence-corrected chi connectivity index (χ3v) is 9.75. The van der Waals surface area contributed by atoms with Crippen LogP contribution in [0.4, 0.5) is 0 Å². The lowest BCUT2D eigenvalue weighted by molar-refractivity contribution is -0.163. The van der Waals surface area contributed by atoms with E-state index in [1.807, 2.05) is 0 Å². The number of nitrogens with zero attached hydrogens (tertiary/aromatic N) is 1. The summed E-state index contributed by atoms with van der Waals surface area (Å²) < 4.78 is 23.7. The third kappa shape index (κ3) is 12.7. The van der Waals surface area contributed by atoms with E-state index in [0.29, 0.717) is 11.1 Å². The van der Waals surface area contributed by atoms with Crippen LogP contribution >= 0.6 is 0 Å². The lowest BCUT2D eigenvalue weighted by Crippen LogP contribution is -2.41. The van der Waals surface area contributed by atoms with Crippen molar-refractivity contribution in [3.05, 3.63) is 0 Å². The summed E-state index contributed by atoms with van der Waals surface area (Å²) >= 11 is 0. The minimum Gasteiger partial charge on any atom is -0.355 e. The second-order valence-electron chi connectivity index (χ2n) is 8.50. The van der Waals surface area contributed by atoms with Gasteiger partial charge >= 0.3 is 0 Å². The molecule has 0 rings (SSSR count). The van der Waals surface area contributed by atoms with Crippen molar-refractivity contribution in [2.24, 2.45) is 0 Å². The van der Waals surface area contributed by atoms with Crippen molar-refractivity contribution in [2.45, 2.75) is 90.1 Å². The average Bonchev–Trinajstić information content (AvgIpc) is 2.58. The molecule has 0 aliphatic carbocycles. The van der Waals surface area contributed by atoms with Crippen LogP contribution in [0.3, 0.4) is 0 Å². The number of ether oxygens (including phenoxy) is 4. The Bertz CT molecular complexity index is 341. The maximum Gasteiger partial charge on any atom is 0.142 e. The number of hydrogen-bond donors (Lipinski definition) is 0. The lowest BCUT2D eigenvalue weighted by Gasteiger charge is -2.33. The first-order chi connectivity index (χ1) is 13.1. The first-order valence-electron chi connectivity index (χ1n) is 11.4. The third-order valence-electron chi connectivity index (χ3n) is 5.24. The first-order valence-corrected chi connectivity index (χ1v) is 14.4. The molecule has 0 saturated carbocycles. The highest BCUT2D eigenvalue weighted by Gasteiger charge is 2.29. The molecular weight excluding hydrogens is 386 g/mol. The summed E-state index contributed by atoms with van der Waals surface area (Å²) in [7, 11) is 1.30. The van der Waals surface area contributed by atoms with Gasteiger partial charge in [-0.3, -0.25) is 0 Å². The molecular formula is C21H49NO4Si2. The molecule has 2 atom stereocenters. The van der Waals surface area contributed by atoms with E-state index >= 15 is 0 Å². The fraction of sp³-hybridized carbons (Fsp3) is 1.00. The van der Waals surface area contributed by atoms with Crippen LogP contribution in [0.5, 0.6) is 0 Å². The minimum atomic E-state index is -0.474. The fourth-order valence-electron chi connectivity index (χ4n) is 4.00. The standard InChI is InChI=1S/C21H49NO4Si2/c1-10-23-20(7,24-11-2)27-18(5)14-16-22(9)17-15-19(6)28-21(8,25-12-3)26-13-4/h18-19H,10-17,27-28H2,1-9H3. The van der Waals surface area contributed by atoms with E-state index < -0.39 is 19.0 Å². The number of rotatable bonds is 18. The van der Waals surface area contributed by atoms with Crippen LogP contribution < -0.4 is 0 Å². The van der Waals surface area contributed by atoms with Crippen LogP contribution in [-0.2, 0) is 18.9 Å². The van der Waals surface area contributed by atoms with E-state index in [-0.39, 0.29) is 10.8 Å². The van der Waals surface area contributed by atoms with Crippen LogP contribution in [0.15, 0.2) is 0 Å². The zero-order chi connectivity index (χ0) is 21.6. The summed E-state index contributed by atoms with van der Waals surface area (Å²) in [4.78, 5) is 2.48. The molecule has 0 bridgehead atoms. The summed E-state index contributed by atoms with van der Waals surface area (Å²) in [5.41, 5.74) is 0.781. The van der Waals surface area contributed by atoms with E-state index in [1.54, 1.807) is 0 Å². The summed E-state index contributed by atoms with van der Waals surface area (Å²) in [6, 6.07) is 0. The van der Waals surface area contributed by atoms with Crippen molar-refractivity contribution >= 4 is 19.0 Å². The van der Waals surface area contributed by atoms with Gasteiger partial charge in [0.05, 0.1) is 19.0 Å². The molecule has 28 heavy (non-hydrogen) atoms. The van der Waals surface area contributed by atoms with Crippen LogP contribution in [-0.4, -0.2) is 81.3 Å². The van der Waals surface area contributed by atoms with E-state index in [0.717, 1.165) is 39.5 Å². The molecule has 0 radical (unpaired) electrons. The van der Waals surface area contributed by atoms with Crippen molar-refractivity contribution < 1.29 is 18.9 Å². The van der Waals surface area contributed by atoms with Crippen LogP contribution in [0.2, 0.25) is 11.1 Å². The molecule has 5 nitrogen and oxygen atoms in total. The summed E-state index contributed by atoms with van der Waals surface area (Å²) in [6.07, 6.45) is 2.44. The van der Waals surface area contributed by atoms with Crippen molar-refractivity contribution in [2.75, 3.05) is 46.6 Å². The molecule has 0 aromatic heterocycles. The quantitative estimate of drug-likeness (QED) is 0.244. The zero-order valence-corrected chi connectivity index (χ0v) is 23.1.